The second-order valence-electron chi connectivity index (χ2n) is 5.89. The van der Waals surface area contributed by atoms with Gasteiger partial charge in [-0.1, -0.05) is 30.3 Å². The minimum atomic E-state index is 0.611. The van der Waals surface area contributed by atoms with Crippen LogP contribution in [0, 0.1) is 0 Å². The van der Waals surface area contributed by atoms with Gasteiger partial charge in [-0.05, 0) is 35.7 Å². The summed E-state index contributed by atoms with van der Waals surface area (Å²) in [5, 5.41) is 1.28. The standard InChI is InChI=1S/C19H20N2O/c1-2-4-15(5-3-1)14-22-17-6-7-19-18(12-17)16(13-20-19)8-9-21-10-11-21/h1-7,12-13,20H,8-11,14H2. The second-order valence-corrected chi connectivity index (χ2v) is 5.89. The van der Waals surface area contributed by atoms with Crippen LogP contribution >= 0.6 is 0 Å². The van der Waals surface area contributed by atoms with Gasteiger partial charge in [0.2, 0.25) is 0 Å². The average molecular weight is 292 g/mol. The number of benzene rings is 2. The summed E-state index contributed by atoms with van der Waals surface area (Å²) in [7, 11) is 0. The van der Waals surface area contributed by atoms with Crippen LogP contribution in [0.3, 0.4) is 0 Å². The molecular formula is C19H20N2O. The van der Waals surface area contributed by atoms with Crippen molar-refractivity contribution >= 4 is 10.9 Å². The molecule has 0 spiro atoms. The zero-order valence-corrected chi connectivity index (χ0v) is 12.6. The Labute approximate surface area is 130 Å². The first-order valence-corrected chi connectivity index (χ1v) is 7.87. The van der Waals surface area contributed by atoms with Crippen molar-refractivity contribution in [2.24, 2.45) is 0 Å². The number of H-pyrrole nitrogens is 1. The molecule has 3 heteroatoms. The maximum absolute atomic E-state index is 5.94. The highest BCUT2D eigenvalue weighted by Gasteiger charge is 2.17. The summed E-state index contributed by atoms with van der Waals surface area (Å²) in [5.41, 5.74) is 3.76. The predicted molar refractivity (Wildman–Crippen MR) is 89.2 cm³/mol. The van der Waals surface area contributed by atoms with Crippen molar-refractivity contribution in [3.8, 4) is 5.75 Å². The molecule has 3 aromatic rings. The van der Waals surface area contributed by atoms with Gasteiger partial charge in [0.05, 0.1) is 0 Å². The molecule has 1 aromatic heterocycles. The molecule has 112 valence electrons. The molecule has 3 nitrogen and oxygen atoms in total. The highest BCUT2D eigenvalue weighted by molar-refractivity contribution is 5.84. The maximum Gasteiger partial charge on any atom is 0.120 e. The van der Waals surface area contributed by atoms with Crippen molar-refractivity contribution in [3.05, 3.63) is 65.9 Å². The van der Waals surface area contributed by atoms with E-state index in [1.807, 2.05) is 24.3 Å². The zero-order valence-electron chi connectivity index (χ0n) is 12.6. The van der Waals surface area contributed by atoms with Gasteiger partial charge < -0.3 is 14.6 Å². The summed E-state index contributed by atoms with van der Waals surface area (Å²) in [4.78, 5) is 5.81. The van der Waals surface area contributed by atoms with E-state index in [1.165, 1.54) is 35.1 Å². The number of aromatic nitrogens is 1. The number of rotatable bonds is 6. The van der Waals surface area contributed by atoms with Crippen LogP contribution < -0.4 is 4.74 Å². The van der Waals surface area contributed by atoms with E-state index in [2.05, 4.69) is 40.3 Å². The SMILES string of the molecule is c1ccc(COc2ccc3[nH]cc(CCN4CC4)c3c2)cc1. The first-order valence-electron chi connectivity index (χ1n) is 7.87. The molecule has 0 atom stereocenters. The Balaban J connectivity index is 1.49. The lowest BCUT2D eigenvalue weighted by molar-refractivity contribution is 0.306. The molecule has 2 heterocycles. The summed E-state index contributed by atoms with van der Waals surface area (Å²) in [6, 6.07) is 16.6. The summed E-state index contributed by atoms with van der Waals surface area (Å²) in [6.45, 7) is 4.28. The Morgan fingerprint density at radius 1 is 1.05 bits per heavy atom. The molecule has 0 amide bonds. The van der Waals surface area contributed by atoms with Crippen molar-refractivity contribution in [2.75, 3.05) is 19.6 Å². The quantitative estimate of drug-likeness (QED) is 0.703. The molecule has 1 saturated heterocycles. The van der Waals surface area contributed by atoms with Crippen LogP contribution in [0.5, 0.6) is 5.75 Å². The van der Waals surface area contributed by atoms with Gasteiger partial charge in [-0.3, -0.25) is 0 Å². The van der Waals surface area contributed by atoms with Crippen LogP contribution in [-0.2, 0) is 13.0 Å². The Kier molecular flexibility index (Phi) is 3.57. The van der Waals surface area contributed by atoms with Crippen molar-refractivity contribution in [1.29, 1.82) is 0 Å². The topological polar surface area (TPSA) is 28.0 Å². The van der Waals surface area contributed by atoms with E-state index in [0.29, 0.717) is 6.61 Å². The number of nitrogens with zero attached hydrogens (tertiary/aromatic N) is 1. The van der Waals surface area contributed by atoms with Crippen molar-refractivity contribution < 1.29 is 4.74 Å². The maximum atomic E-state index is 5.94. The fourth-order valence-corrected chi connectivity index (χ4v) is 2.77. The van der Waals surface area contributed by atoms with E-state index in [9.17, 15) is 0 Å². The summed E-state index contributed by atoms with van der Waals surface area (Å²) in [5.74, 6) is 0.934. The number of ether oxygens (including phenoxy) is 1. The summed E-state index contributed by atoms with van der Waals surface area (Å²) >= 11 is 0. The van der Waals surface area contributed by atoms with Gasteiger partial charge in [-0.2, -0.15) is 0 Å². The van der Waals surface area contributed by atoms with Crippen LogP contribution in [-0.4, -0.2) is 29.5 Å². The molecule has 0 saturated carbocycles. The fourth-order valence-electron chi connectivity index (χ4n) is 2.77. The monoisotopic (exact) mass is 292 g/mol. The van der Waals surface area contributed by atoms with Crippen LogP contribution in [0.1, 0.15) is 11.1 Å². The molecule has 1 N–H and O–H groups in total. The molecule has 4 rings (SSSR count). The van der Waals surface area contributed by atoms with E-state index < -0.39 is 0 Å². The minimum Gasteiger partial charge on any atom is -0.489 e. The summed E-state index contributed by atoms with van der Waals surface area (Å²) in [6.07, 6.45) is 3.23. The molecule has 2 aromatic carbocycles. The predicted octanol–water partition coefficient (Wildman–Crippen LogP) is 3.61. The van der Waals surface area contributed by atoms with Crippen molar-refractivity contribution in [1.82, 2.24) is 9.88 Å². The smallest absolute Gasteiger partial charge is 0.120 e. The van der Waals surface area contributed by atoms with Gasteiger partial charge in [0, 0.05) is 36.7 Å². The van der Waals surface area contributed by atoms with Crippen LogP contribution in [0.25, 0.3) is 10.9 Å². The van der Waals surface area contributed by atoms with Gasteiger partial charge in [0.15, 0.2) is 0 Å². The second kappa shape index (κ2) is 5.85. The molecule has 22 heavy (non-hydrogen) atoms. The lowest BCUT2D eigenvalue weighted by atomic mass is 10.1. The van der Waals surface area contributed by atoms with Gasteiger partial charge in [-0.15, -0.1) is 0 Å². The lowest BCUT2D eigenvalue weighted by Gasteiger charge is -2.07. The zero-order chi connectivity index (χ0) is 14.8. The minimum absolute atomic E-state index is 0.611. The third kappa shape index (κ3) is 3.00. The Hall–Kier alpha value is -2.26. The van der Waals surface area contributed by atoms with Gasteiger partial charge in [-0.25, -0.2) is 0 Å². The third-order valence-corrected chi connectivity index (χ3v) is 4.22. The van der Waals surface area contributed by atoms with Gasteiger partial charge in [0.1, 0.15) is 12.4 Å². The van der Waals surface area contributed by atoms with Gasteiger partial charge in [0.25, 0.3) is 0 Å². The number of hydrogen-bond donors (Lipinski definition) is 1. The molecule has 1 fully saturated rings. The van der Waals surface area contributed by atoms with Gasteiger partial charge >= 0.3 is 0 Å². The van der Waals surface area contributed by atoms with Crippen LogP contribution in [0.4, 0.5) is 0 Å². The highest BCUT2D eigenvalue weighted by atomic mass is 16.5. The molecule has 1 aliphatic rings. The third-order valence-electron chi connectivity index (χ3n) is 4.22. The van der Waals surface area contributed by atoms with Crippen LogP contribution in [0.2, 0.25) is 0 Å². The van der Waals surface area contributed by atoms with E-state index in [4.69, 9.17) is 4.74 Å². The Morgan fingerprint density at radius 2 is 1.91 bits per heavy atom. The molecule has 0 unspecified atom stereocenters. The average Bonchev–Trinajstić information content (AvgIpc) is 3.31. The first-order chi connectivity index (χ1) is 10.9. The number of aromatic amines is 1. The molecule has 0 radical (unpaired) electrons. The van der Waals surface area contributed by atoms with E-state index in [-0.39, 0.29) is 0 Å². The molecule has 0 bridgehead atoms. The van der Waals surface area contributed by atoms with E-state index in [0.717, 1.165) is 18.7 Å². The normalized spacial score (nSPS) is 14.4. The largest absolute Gasteiger partial charge is 0.489 e. The van der Waals surface area contributed by atoms with E-state index in [1.54, 1.807) is 0 Å². The first kappa shape index (κ1) is 13.4. The molecular weight excluding hydrogens is 272 g/mol. The number of hydrogen-bond acceptors (Lipinski definition) is 2. The summed E-state index contributed by atoms with van der Waals surface area (Å²) < 4.78 is 5.94. The Morgan fingerprint density at radius 3 is 2.73 bits per heavy atom. The highest BCUT2D eigenvalue weighted by Crippen LogP contribution is 2.25. The molecule has 1 aliphatic heterocycles. The fraction of sp³-hybridized carbons (Fsp3) is 0.263. The van der Waals surface area contributed by atoms with Crippen molar-refractivity contribution in [3.63, 3.8) is 0 Å². The number of nitrogens with one attached hydrogen (secondary N) is 1. The number of fused-ring (bicyclic) bond motifs is 1. The van der Waals surface area contributed by atoms with E-state index >= 15 is 0 Å². The molecule has 0 aliphatic carbocycles. The Bertz CT molecular complexity index is 759. The van der Waals surface area contributed by atoms with Crippen molar-refractivity contribution in [2.45, 2.75) is 13.0 Å². The lowest BCUT2D eigenvalue weighted by Crippen LogP contribution is -2.02. The van der Waals surface area contributed by atoms with Crippen LogP contribution in [0.15, 0.2) is 54.7 Å².